The Labute approximate surface area is 113 Å². The summed E-state index contributed by atoms with van der Waals surface area (Å²) in [6.07, 6.45) is 0. The van der Waals surface area contributed by atoms with Gasteiger partial charge < -0.3 is 14.6 Å². The van der Waals surface area contributed by atoms with Crippen molar-refractivity contribution in [1.29, 1.82) is 0 Å². The molecule has 2 aromatic rings. The maximum absolute atomic E-state index is 11.0. The van der Waals surface area contributed by atoms with Crippen LogP contribution < -0.4 is 9.47 Å². The van der Waals surface area contributed by atoms with Crippen molar-refractivity contribution in [3.8, 4) is 22.8 Å². The van der Waals surface area contributed by atoms with E-state index in [1.54, 1.807) is 18.2 Å². The number of benzene rings is 1. The third-order valence-electron chi connectivity index (χ3n) is 2.71. The molecule has 1 aromatic carbocycles. The number of fused-ring (bicyclic) bond motifs is 1. The summed E-state index contributed by atoms with van der Waals surface area (Å²) in [6, 6.07) is 8.04. The van der Waals surface area contributed by atoms with E-state index in [1.165, 1.54) is 12.1 Å². The molecular formula is C13H8ClNO4. The summed E-state index contributed by atoms with van der Waals surface area (Å²) in [5, 5.41) is 9.14. The highest BCUT2D eigenvalue weighted by atomic mass is 35.5. The van der Waals surface area contributed by atoms with E-state index in [-0.39, 0.29) is 17.5 Å². The van der Waals surface area contributed by atoms with Crippen LogP contribution in [-0.2, 0) is 0 Å². The number of hydrogen-bond acceptors (Lipinski definition) is 4. The molecule has 1 aliphatic heterocycles. The lowest BCUT2D eigenvalue weighted by Crippen LogP contribution is -1.98. The van der Waals surface area contributed by atoms with Crippen LogP contribution in [-0.4, -0.2) is 22.9 Å². The lowest BCUT2D eigenvalue weighted by atomic mass is 10.1. The molecule has 2 heterocycles. The summed E-state index contributed by atoms with van der Waals surface area (Å²) in [6.45, 7) is 0.183. The van der Waals surface area contributed by atoms with E-state index in [0.29, 0.717) is 22.8 Å². The molecule has 6 heteroatoms. The van der Waals surface area contributed by atoms with Crippen molar-refractivity contribution in [3.05, 3.63) is 41.0 Å². The van der Waals surface area contributed by atoms with Gasteiger partial charge in [-0.2, -0.15) is 0 Å². The van der Waals surface area contributed by atoms with Gasteiger partial charge in [0.1, 0.15) is 5.15 Å². The zero-order valence-electron chi connectivity index (χ0n) is 9.59. The molecule has 0 fully saturated rings. The first-order valence-electron chi connectivity index (χ1n) is 5.44. The van der Waals surface area contributed by atoms with Gasteiger partial charge >= 0.3 is 5.97 Å². The van der Waals surface area contributed by atoms with Crippen LogP contribution in [0.2, 0.25) is 5.15 Å². The fraction of sp³-hybridized carbons (Fsp3) is 0.0769. The fourth-order valence-corrected chi connectivity index (χ4v) is 2.03. The van der Waals surface area contributed by atoms with E-state index in [9.17, 15) is 4.79 Å². The molecule has 0 aliphatic carbocycles. The molecule has 0 saturated heterocycles. The molecule has 0 amide bonds. The van der Waals surface area contributed by atoms with Gasteiger partial charge in [0.25, 0.3) is 0 Å². The number of rotatable bonds is 2. The van der Waals surface area contributed by atoms with Gasteiger partial charge in [0.2, 0.25) is 6.79 Å². The summed E-state index contributed by atoms with van der Waals surface area (Å²) < 4.78 is 10.5. The highest BCUT2D eigenvalue weighted by molar-refractivity contribution is 6.29. The summed E-state index contributed by atoms with van der Waals surface area (Å²) >= 11 is 5.83. The average Bonchev–Trinajstić information content (AvgIpc) is 2.85. The van der Waals surface area contributed by atoms with Crippen LogP contribution in [0.1, 0.15) is 10.4 Å². The predicted molar refractivity (Wildman–Crippen MR) is 67.8 cm³/mol. The van der Waals surface area contributed by atoms with Gasteiger partial charge in [0, 0.05) is 5.56 Å². The summed E-state index contributed by atoms with van der Waals surface area (Å²) in [4.78, 5) is 15.1. The Morgan fingerprint density at radius 2 is 2.00 bits per heavy atom. The number of carboxylic acids is 1. The smallest absolute Gasteiger partial charge is 0.335 e. The zero-order chi connectivity index (χ0) is 13.4. The van der Waals surface area contributed by atoms with Crippen LogP contribution in [0.3, 0.4) is 0 Å². The SMILES string of the molecule is O=C(O)c1cc(Cl)nc(-c2ccc3c(c2)OCO3)c1. The Bertz CT molecular complexity index is 672. The highest BCUT2D eigenvalue weighted by Gasteiger charge is 2.15. The van der Waals surface area contributed by atoms with E-state index in [1.807, 2.05) is 0 Å². The third-order valence-corrected chi connectivity index (χ3v) is 2.90. The van der Waals surface area contributed by atoms with Crippen molar-refractivity contribution in [3.63, 3.8) is 0 Å². The summed E-state index contributed by atoms with van der Waals surface area (Å²) in [5.41, 5.74) is 1.28. The molecule has 5 nitrogen and oxygen atoms in total. The number of pyridine rings is 1. The monoisotopic (exact) mass is 277 g/mol. The molecule has 3 rings (SSSR count). The molecule has 0 saturated carbocycles. The minimum Gasteiger partial charge on any atom is -0.478 e. The van der Waals surface area contributed by atoms with Crippen LogP contribution in [0.5, 0.6) is 11.5 Å². The molecule has 96 valence electrons. The first-order valence-corrected chi connectivity index (χ1v) is 5.82. The van der Waals surface area contributed by atoms with Gasteiger partial charge in [-0.25, -0.2) is 9.78 Å². The molecular weight excluding hydrogens is 270 g/mol. The molecule has 0 unspecified atom stereocenters. The van der Waals surface area contributed by atoms with E-state index < -0.39 is 5.97 Å². The Morgan fingerprint density at radius 3 is 2.79 bits per heavy atom. The van der Waals surface area contributed by atoms with E-state index >= 15 is 0 Å². The Balaban J connectivity index is 2.09. The molecule has 0 spiro atoms. The van der Waals surface area contributed by atoms with Crippen LogP contribution >= 0.6 is 11.6 Å². The molecule has 1 N–H and O–H groups in total. The number of aromatic carboxylic acids is 1. The minimum atomic E-state index is -1.05. The quantitative estimate of drug-likeness (QED) is 0.855. The van der Waals surface area contributed by atoms with Gasteiger partial charge in [0.15, 0.2) is 11.5 Å². The number of ether oxygens (including phenoxy) is 2. The second kappa shape index (κ2) is 4.44. The molecule has 0 radical (unpaired) electrons. The lowest BCUT2D eigenvalue weighted by Gasteiger charge is -2.04. The van der Waals surface area contributed by atoms with E-state index in [4.69, 9.17) is 26.2 Å². The number of carboxylic acid groups (broad SMARTS) is 1. The maximum atomic E-state index is 11.0. The lowest BCUT2D eigenvalue weighted by molar-refractivity contribution is 0.0697. The first kappa shape index (κ1) is 11.8. The summed E-state index contributed by atoms with van der Waals surface area (Å²) in [5.74, 6) is 0.215. The van der Waals surface area contributed by atoms with Gasteiger partial charge in [-0.3, -0.25) is 0 Å². The second-order valence-corrected chi connectivity index (χ2v) is 4.32. The first-order chi connectivity index (χ1) is 9.13. The van der Waals surface area contributed by atoms with E-state index in [0.717, 1.165) is 0 Å². The molecule has 19 heavy (non-hydrogen) atoms. The third kappa shape index (κ3) is 2.20. The standard InChI is InChI=1S/C13H8ClNO4/c14-12-5-8(13(16)17)3-9(15-12)7-1-2-10-11(4-7)19-6-18-10/h1-5H,6H2,(H,16,17). The van der Waals surface area contributed by atoms with Gasteiger partial charge in [-0.1, -0.05) is 11.6 Å². The second-order valence-electron chi connectivity index (χ2n) is 3.94. The molecule has 1 aliphatic rings. The van der Waals surface area contributed by atoms with E-state index in [2.05, 4.69) is 4.98 Å². The summed E-state index contributed by atoms with van der Waals surface area (Å²) in [7, 11) is 0. The number of halogens is 1. The Hall–Kier alpha value is -2.27. The van der Waals surface area contributed by atoms with Crippen molar-refractivity contribution in [2.45, 2.75) is 0 Å². The Morgan fingerprint density at radius 1 is 1.21 bits per heavy atom. The van der Waals surface area contributed by atoms with Crippen LogP contribution in [0, 0.1) is 0 Å². The largest absolute Gasteiger partial charge is 0.478 e. The number of hydrogen-bond donors (Lipinski definition) is 1. The van der Waals surface area contributed by atoms with Crippen molar-refractivity contribution in [2.75, 3.05) is 6.79 Å². The average molecular weight is 278 g/mol. The number of aromatic nitrogens is 1. The van der Waals surface area contributed by atoms with Crippen molar-refractivity contribution >= 4 is 17.6 Å². The van der Waals surface area contributed by atoms with Crippen LogP contribution in [0.25, 0.3) is 11.3 Å². The molecule has 0 bridgehead atoms. The number of carbonyl (C=O) groups is 1. The fourth-order valence-electron chi connectivity index (χ4n) is 1.82. The predicted octanol–water partition coefficient (Wildman–Crippen LogP) is 2.83. The van der Waals surface area contributed by atoms with Gasteiger partial charge in [0.05, 0.1) is 11.3 Å². The van der Waals surface area contributed by atoms with Crippen molar-refractivity contribution in [1.82, 2.24) is 4.98 Å². The van der Waals surface area contributed by atoms with Gasteiger partial charge in [-0.05, 0) is 30.3 Å². The van der Waals surface area contributed by atoms with Gasteiger partial charge in [-0.15, -0.1) is 0 Å². The molecule has 1 aromatic heterocycles. The van der Waals surface area contributed by atoms with Crippen molar-refractivity contribution < 1.29 is 19.4 Å². The number of nitrogens with zero attached hydrogens (tertiary/aromatic N) is 1. The maximum Gasteiger partial charge on any atom is 0.335 e. The molecule has 0 atom stereocenters. The highest BCUT2D eigenvalue weighted by Crippen LogP contribution is 2.35. The van der Waals surface area contributed by atoms with Crippen LogP contribution in [0.15, 0.2) is 30.3 Å². The minimum absolute atomic E-state index is 0.0904. The van der Waals surface area contributed by atoms with Crippen LogP contribution in [0.4, 0.5) is 0 Å². The van der Waals surface area contributed by atoms with Crippen molar-refractivity contribution in [2.24, 2.45) is 0 Å². The zero-order valence-corrected chi connectivity index (χ0v) is 10.3. The topological polar surface area (TPSA) is 68.7 Å². The normalized spacial score (nSPS) is 12.5. The Kier molecular flexibility index (Phi) is 2.76.